The molecule has 0 bridgehead atoms. The van der Waals surface area contributed by atoms with E-state index in [0.717, 1.165) is 27.3 Å². The van der Waals surface area contributed by atoms with Crippen LogP contribution >= 0.6 is 38.9 Å². The Kier molecular flexibility index (Phi) is 5.99. The first-order valence-corrected chi connectivity index (χ1v) is 8.26. The van der Waals surface area contributed by atoms with Gasteiger partial charge in [-0.2, -0.15) is 0 Å². The summed E-state index contributed by atoms with van der Waals surface area (Å²) < 4.78 is 6.00. The van der Waals surface area contributed by atoms with E-state index in [-0.39, 0.29) is 6.04 Å². The monoisotopic (exact) mass is 374 g/mol. The molecule has 1 heterocycles. The first-order chi connectivity index (χ1) is 9.61. The minimum Gasteiger partial charge on any atom is -0.383 e. The first-order valence-electron chi connectivity index (χ1n) is 6.21. The Morgan fingerprint density at radius 3 is 2.90 bits per heavy atom. The standard InChI is InChI=1S/C14H16BrClN2OS/c1-9-8-20-14(18-9)13(17-5-6-19-2)10-3-4-11(15)12(16)7-10/h3-4,7-8,13,17H,5-6H2,1-2H3. The summed E-state index contributed by atoms with van der Waals surface area (Å²) in [5.74, 6) is 0. The van der Waals surface area contributed by atoms with Crippen molar-refractivity contribution in [2.24, 2.45) is 0 Å². The summed E-state index contributed by atoms with van der Waals surface area (Å²) in [6.45, 7) is 3.42. The van der Waals surface area contributed by atoms with Crippen molar-refractivity contribution in [2.75, 3.05) is 20.3 Å². The molecule has 2 aromatic rings. The molecule has 2 rings (SSSR count). The molecule has 108 valence electrons. The maximum absolute atomic E-state index is 6.20. The number of hydrogen-bond donors (Lipinski definition) is 1. The summed E-state index contributed by atoms with van der Waals surface area (Å²) in [5.41, 5.74) is 2.13. The van der Waals surface area contributed by atoms with E-state index < -0.39 is 0 Å². The Labute approximate surface area is 136 Å². The number of hydrogen-bond acceptors (Lipinski definition) is 4. The number of benzene rings is 1. The van der Waals surface area contributed by atoms with Gasteiger partial charge in [-0.3, -0.25) is 0 Å². The van der Waals surface area contributed by atoms with Gasteiger partial charge in [0, 0.05) is 29.2 Å². The second-order valence-corrected chi connectivity index (χ2v) is 6.53. The van der Waals surface area contributed by atoms with Crippen molar-refractivity contribution in [1.29, 1.82) is 0 Å². The van der Waals surface area contributed by atoms with E-state index in [2.05, 4.69) is 37.7 Å². The lowest BCUT2D eigenvalue weighted by atomic mass is 10.1. The van der Waals surface area contributed by atoms with Crippen LogP contribution in [0.15, 0.2) is 28.1 Å². The van der Waals surface area contributed by atoms with Crippen LogP contribution in [0, 0.1) is 6.92 Å². The Balaban J connectivity index is 2.27. The second-order valence-electron chi connectivity index (χ2n) is 4.38. The fourth-order valence-corrected chi connectivity index (χ4v) is 3.18. The van der Waals surface area contributed by atoms with Crippen LogP contribution < -0.4 is 5.32 Å². The van der Waals surface area contributed by atoms with Crippen LogP contribution in [0.2, 0.25) is 5.02 Å². The summed E-state index contributed by atoms with van der Waals surface area (Å²) in [5, 5.41) is 7.26. The number of halogens is 2. The molecular formula is C14H16BrClN2OS. The van der Waals surface area contributed by atoms with Crippen molar-refractivity contribution in [1.82, 2.24) is 10.3 Å². The molecular weight excluding hydrogens is 360 g/mol. The smallest absolute Gasteiger partial charge is 0.114 e. The lowest BCUT2D eigenvalue weighted by molar-refractivity contribution is 0.197. The third-order valence-corrected chi connectivity index (χ3v) is 5.08. The van der Waals surface area contributed by atoms with Gasteiger partial charge in [0.05, 0.1) is 17.7 Å². The topological polar surface area (TPSA) is 34.1 Å². The number of methoxy groups -OCH3 is 1. The minimum atomic E-state index is 0.0365. The fraction of sp³-hybridized carbons (Fsp3) is 0.357. The molecule has 0 fully saturated rings. The molecule has 0 aliphatic heterocycles. The molecule has 1 aromatic carbocycles. The van der Waals surface area contributed by atoms with Gasteiger partial charge in [0.1, 0.15) is 5.01 Å². The van der Waals surface area contributed by atoms with Crippen molar-refractivity contribution < 1.29 is 4.74 Å². The van der Waals surface area contributed by atoms with Crippen molar-refractivity contribution >= 4 is 38.9 Å². The molecule has 6 heteroatoms. The molecule has 0 saturated heterocycles. The van der Waals surface area contributed by atoms with Gasteiger partial charge < -0.3 is 10.1 Å². The van der Waals surface area contributed by atoms with Crippen molar-refractivity contribution in [3.63, 3.8) is 0 Å². The third kappa shape index (κ3) is 4.02. The number of rotatable bonds is 6. The van der Waals surface area contributed by atoms with Gasteiger partial charge in [-0.05, 0) is 40.5 Å². The van der Waals surface area contributed by atoms with Gasteiger partial charge in [0.15, 0.2) is 0 Å². The Morgan fingerprint density at radius 2 is 2.30 bits per heavy atom. The zero-order valence-corrected chi connectivity index (χ0v) is 14.5. The molecule has 0 spiro atoms. The number of nitrogens with zero attached hydrogens (tertiary/aromatic N) is 1. The van der Waals surface area contributed by atoms with Gasteiger partial charge in [-0.25, -0.2) is 4.98 Å². The summed E-state index contributed by atoms with van der Waals surface area (Å²) >= 11 is 11.3. The summed E-state index contributed by atoms with van der Waals surface area (Å²) in [6, 6.07) is 6.02. The maximum Gasteiger partial charge on any atom is 0.114 e. The summed E-state index contributed by atoms with van der Waals surface area (Å²) in [4.78, 5) is 4.58. The Hall–Kier alpha value is -0.460. The Morgan fingerprint density at radius 1 is 1.50 bits per heavy atom. The predicted octanol–water partition coefficient (Wildman–Crippen LogP) is 4.19. The quantitative estimate of drug-likeness (QED) is 0.769. The Bertz CT molecular complexity index is 576. The molecule has 0 aliphatic rings. The molecule has 1 atom stereocenters. The van der Waals surface area contributed by atoms with Gasteiger partial charge in [-0.1, -0.05) is 17.7 Å². The first kappa shape index (κ1) is 15.9. The average molecular weight is 376 g/mol. The predicted molar refractivity (Wildman–Crippen MR) is 87.7 cm³/mol. The SMILES string of the molecule is COCCNC(c1ccc(Br)c(Cl)c1)c1nc(C)cs1. The van der Waals surface area contributed by atoms with Gasteiger partial charge in [0.2, 0.25) is 0 Å². The number of nitrogens with one attached hydrogen (secondary N) is 1. The zero-order valence-electron chi connectivity index (χ0n) is 11.3. The van der Waals surface area contributed by atoms with Gasteiger partial charge >= 0.3 is 0 Å². The molecule has 0 radical (unpaired) electrons. The highest BCUT2D eigenvalue weighted by atomic mass is 79.9. The van der Waals surface area contributed by atoms with E-state index in [9.17, 15) is 0 Å². The van der Waals surface area contributed by atoms with E-state index >= 15 is 0 Å². The molecule has 20 heavy (non-hydrogen) atoms. The molecule has 1 aromatic heterocycles. The van der Waals surface area contributed by atoms with Crippen LogP contribution in [-0.4, -0.2) is 25.2 Å². The molecule has 1 unspecified atom stereocenters. The average Bonchev–Trinajstić information content (AvgIpc) is 2.85. The van der Waals surface area contributed by atoms with Crippen LogP contribution in [0.4, 0.5) is 0 Å². The minimum absolute atomic E-state index is 0.0365. The van der Waals surface area contributed by atoms with E-state index in [1.165, 1.54) is 0 Å². The highest BCUT2D eigenvalue weighted by Crippen LogP contribution is 2.30. The van der Waals surface area contributed by atoms with Crippen molar-refractivity contribution in [2.45, 2.75) is 13.0 Å². The lowest BCUT2D eigenvalue weighted by Crippen LogP contribution is -2.26. The van der Waals surface area contributed by atoms with E-state index in [1.807, 2.05) is 19.1 Å². The summed E-state index contributed by atoms with van der Waals surface area (Å²) in [6.07, 6.45) is 0. The fourth-order valence-electron chi connectivity index (χ4n) is 1.85. The van der Waals surface area contributed by atoms with Crippen LogP contribution in [0.5, 0.6) is 0 Å². The van der Waals surface area contributed by atoms with Gasteiger partial charge in [-0.15, -0.1) is 11.3 Å². The van der Waals surface area contributed by atoms with Crippen LogP contribution in [0.25, 0.3) is 0 Å². The van der Waals surface area contributed by atoms with E-state index in [0.29, 0.717) is 11.6 Å². The number of ether oxygens (including phenoxy) is 1. The summed E-state index contributed by atoms with van der Waals surface area (Å²) in [7, 11) is 1.70. The maximum atomic E-state index is 6.20. The highest BCUT2D eigenvalue weighted by Gasteiger charge is 2.17. The molecule has 0 aliphatic carbocycles. The van der Waals surface area contributed by atoms with E-state index in [1.54, 1.807) is 18.4 Å². The lowest BCUT2D eigenvalue weighted by Gasteiger charge is -2.17. The highest BCUT2D eigenvalue weighted by molar-refractivity contribution is 9.10. The number of thiazole rings is 1. The number of aryl methyl sites for hydroxylation is 1. The van der Waals surface area contributed by atoms with Gasteiger partial charge in [0.25, 0.3) is 0 Å². The normalized spacial score (nSPS) is 12.6. The second kappa shape index (κ2) is 7.52. The van der Waals surface area contributed by atoms with Crippen LogP contribution in [0.3, 0.4) is 0 Å². The molecule has 3 nitrogen and oxygen atoms in total. The van der Waals surface area contributed by atoms with Crippen molar-refractivity contribution in [3.05, 3.63) is 49.3 Å². The largest absolute Gasteiger partial charge is 0.383 e. The molecule has 0 saturated carbocycles. The zero-order chi connectivity index (χ0) is 14.5. The van der Waals surface area contributed by atoms with Crippen molar-refractivity contribution in [3.8, 4) is 0 Å². The van der Waals surface area contributed by atoms with Crippen LogP contribution in [0.1, 0.15) is 22.3 Å². The molecule has 1 N–H and O–H groups in total. The van der Waals surface area contributed by atoms with Crippen LogP contribution in [-0.2, 0) is 4.74 Å². The number of aromatic nitrogens is 1. The van der Waals surface area contributed by atoms with E-state index in [4.69, 9.17) is 16.3 Å². The third-order valence-electron chi connectivity index (χ3n) is 2.82. The molecule has 0 amide bonds.